The third-order valence-corrected chi connectivity index (χ3v) is 5.37. The van der Waals surface area contributed by atoms with E-state index < -0.39 is 10.8 Å². The Labute approximate surface area is 153 Å². The highest BCUT2D eigenvalue weighted by Crippen LogP contribution is 2.22. The summed E-state index contributed by atoms with van der Waals surface area (Å²) in [4.78, 5) is 12.7. The van der Waals surface area contributed by atoms with Gasteiger partial charge in [-0.3, -0.25) is 9.00 Å². The van der Waals surface area contributed by atoms with Crippen LogP contribution >= 0.6 is 11.6 Å². The third kappa shape index (κ3) is 4.59. The van der Waals surface area contributed by atoms with Gasteiger partial charge < -0.3 is 9.73 Å². The molecule has 3 aromatic rings. The van der Waals surface area contributed by atoms with Crippen LogP contribution in [0.2, 0.25) is 5.02 Å². The maximum atomic E-state index is 12.4. The van der Waals surface area contributed by atoms with Crippen LogP contribution in [-0.2, 0) is 23.1 Å². The molecule has 0 fully saturated rings. The van der Waals surface area contributed by atoms with Crippen molar-refractivity contribution in [3.05, 3.63) is 88.8 Å². The Balaban J connectivity index is 1.61. The number of benzene rings is 2. The molecule has 0 saturated carbocycles. The molecular weight excluding hydrogens is 358 g/mol. The SMILES string of the molecule is O=C(NCc1ccccc1)c1ccc(CS(=O)c2ccccc2Cl)o1. The van der Waals surface area contributed by atoms with Crippen molar-refractivity contribution < 1.29 is 13.4 Å². The largest absolute Gasteiger partial charge is 0.455 e. The van der Waals surface area contributed by atoms with Crippen LogP contribution in [0.15, 0.2) is 76.0 Å². The van der Waals surface area contributed by atoms with Gasteiger partial charge in [-0.2, -0.15) is 0 Å². The molecule has 0 bridgehead atoms. The summed E-state index contributed by atoms with van der Waals surface area (Å²) in [6.07, 6.45) is 0. The number of nitrogens with one attached hydrogen (secondary N) is 1. The number of hydrogen-bond donors (Lipinski definition) is 1. The lowest BCUT2D eigenvalue weighted by molar-refractivity contribution is 0.0921. The highest BCUT2D eigenvalue weighted by atomic mass is 35.5. The highest BCUT2D eigenvalue weighted by Gasteiger charge is 2.14. The van der Waals surface area contributed by atoms with E-state index >= 15 is 0 Å². The molecule has 1 heterocycles. The molecule has 0 saturated heterocycles. The molecule has 2 aromatic carbocycles. The monoisotopic (exact) mass is 373 g/mol. The van der Waals surface area contributed by atoms with E-state index in [9.17, 15) is 9.00 Å². The standard InChI is InChI=1S/C19H16ClNO3S/c20-16-8-4-5-9-18(16)25(23)13-15-10-11-17(24-15)19(22)21-12-14-6-2-1-3-7-14/h1-11H,12-13H2,(H,21,22). The summed E-state index contributed by atoms with van der Waals surface area (Å²) >= 11 is 6.05. The van der Waals surface area contributed by atoms with E-state index in [1.807, 2.05) is 30.3 Å². The zero-order valence-electron chi connectivity index (χ0n) is 13.3. The number of halogens is 1. The zero-order valence-corrected chi connectivity index (χ0v) is 14.8. The quantitative estimate of drug-likeness (QED) is 0.705. The molecule has 3 rings (SSSR count). The maximum Gasteiger partial charge on any atom is 0.287 e. The summed E-state index contributed by atoms with van der Waals surface area (Å²) in [6, 6.07) is 19.8. The minimum Gasteiger partial charge on any atom is -0.455 e. The van der Waals surface area contributed by atoms with Crippen molar-refractivity contribution in [1.82, 2.24) is 5.32 Å². The van der Waals surface area contributed by atoms with Gasteiger partial charge in [0.05, 0.1) is 26.5 Å². The van der Waals surface area contributed by atoms with Gasteiger partial charge in [0.15, 0.2) is 5.76 Å². The van der Waals surface area contributed by atoms with E-state index in [1.165, 1.54) is 0 Å². The molecule has 128 valence electrons. The van der Waals surface area contributed by atoms with Crippen LogP contribution in [0.3, 0.4) is 0 Å². The van der Waals surface area contributed by atoms with Crippen LogP contribution in [0.5, 0.6) is 0 Å². The number of carbonyl (C=O) groups excluding carboxylic acids is 1. The smallest absolute Gasteiger partial charge is 0.287 e. The summed E-state index contributed by atoms with van der Waals surface area (Å²) in [6.45, 7) is 0.418. The Morgan fingerprint density at radius 2 is 1.72 bits per heavy atom. The summed E-state index contributed by atoms with van der Waals surface area (Å²) in [5.74, 6) is 0.527. The van der Waals surface area contributed by atoms with Gasteiger partial charge in [0, 0.05) is 6.54 Å². The maximum absolute atomic E-state index is 12.4. The van der Waals surface area contributed by atoms with Crippen LogP contribution in [0.25, 0.3) is 0 Å². The molecule has 6 heteroatoms. The van der Waals surface area contributed by atoms with E-state index in [0.717, 1.165) is 5.56 Å². The Bertz CT molecular complexity index is 892. The lowest BCUT2D eigenvalue weighted by Gasteiger charge is -2.04. The highest BCUT2D eigenvalue weighted by molar-refractivity contribution is 7.84. The molecule has 25 heavy (non-hydrogen) atoms. The molecule has 4 nitrogen and oxygen atoms in total. The van der Waals surface area contributed by atoms with E-state index in [2.05, 4.69) is 5.32 Å². The first-order chi connectivity index (χ1) is 12.1. The first-order valence-electron chi connectivity index (χ1n) is 7.67. The fraction of sp³-hybridized carbons (Fsp3) is 0.105. The van der Waals surface area contributed by atoms with E-state index in [0.29, 0.717) is 22.2 Å². The van der Waals surface area contributed by atoms with E-state index in [1.54, 1.807) is 36.4 Å². The minimum atomic E-state index is -1.34. The summed E-state index contributed by atoms with van der Waals surface area (Å²) in [5.41, 5.74) is 1.00. The summed E-state index contributed by atoms with van der Waals surface area (Å²) < 4.78 is 17.9. The Morgan fingerprint density at radius 1 is 1.00 bits per heavy atom. The predicted molar refractivity (Wildman–Crippen MR) is 97.9 cm³/mol. The normalized spacial score (nSPS) is 11.9. The van der Waals surface area contributed by atoms with Gasteiger partial charge in [-0.25, -0.2) is 0 Å². The van der Waals surface area contributed by atoms with Crippen molar-refractivity contribution in [2.24, 2.45) is 0 Å². The van der Waals surface area contributed by atoms with Crippen molar-refractivity contribution in [3.63, 3.8) is 0 Å². The van der Waals surface area contributed by atoms with Gasteiger partial charge >= 0.3 is 0 Å². The van der Waals surface area contributed by atoms with Gasteiger partial charge in [0.1, 0.15) is 5.76 Å². The molecule has 0 spiro atoms. The number of rotatable bonds is 6. The summed E-state index contributed by atoms with van der Waals surface area (Å²) in [7, 11) is -1.34. The van der Waals surface area contributed by atoms with Gasteiger partial charge in [0.25, 0.3) is 5.91 Å². The summed E-state index contributed by atoms with van der Waals surface area (Å²) in [5, 5.41) is 3.25. The molecule has 1 N–H and O–H groups in total. The van der Waals surface area contributed by atoms with E-state index in [-0.39, 0.29) is 17.4 Å². The van der Waals surface area contributed by atoms with Gasteiger partial charge in [-0.05, 0) is 29.8 Å². The van der Waals surface area contributed by atoms with Crippen LogP contribution in [0.1, 0.15) is 21.9 Å². The second kappa shape index (κ2) is 8.14. The lowest BCUT2D eigenvalue weighted by atomic mass is 10.2. The van der Waals surface area contributed by atoms with Crippen molar-refractivity contribution >= 4 is 28.3 Å². The number of hydrogen-bond acceptors (Lipinski definition) is 3. The first-order valence-corrected chi connectivity index (χ1v) is 9.37. The lowest BCUT2D eigenvalue weighted by Crippen LogP contribution is -2.22. The minimum absolute atomic E-state index is 0.162. The van der Waals surface area contributed by atoms with Gasteiger partial charge in [-0.15, -0.1) is 0 Å². The Morgan fingerprint density at radius 3 is 2.48 bits per heavy atom. The zero-order chi connectivity index (χ0) is 17.6. The topological polar surface area (TPSA) is 59.3 Å². The Kier molecular flexibility index (Phi) is 5.68. The Hall–Kier alpha value is -2.37. The van der Waals surface area contributed by atoms with Crippen LogP contribution < -0.4 is 5.32 Å². The van der Waals surface area contributed by atoms with Gasteiger partial charge in [0.2, 0.25) is 0 Å². The van der Waals surface area contributed by atoms with E-state index in [4.69, 9.17) is 16.0 Å². The van der Waals surface area contributed by atoms with Crippen LogP contribution in [0.4, 0.5) is 0 Å². The predicted octanol–water partition coefficient (Wildman–Crippen LogP) is 4.17. The second-order valence-corrected chi connectivity index (χ2v) is 7.18. The average Bonchev–Trinajstić information content (AvgIpc) is 3.09. The first kappa shape index (κ1) is 17.5. The molecule has 0 radical (unpaired) electrons. The fourth-order valence-corrected chi connectivity index (χ4v) is 3.76. The van der Waals surface area contributed by atoms with Crippen molar-refractivity contribution in [1.29, 1.82) is 0 Å². The number of furan rings is 1. The van der Waals surface area contributed by atoms with Crippen LogP contribution in [0, 0.1) is 0 Å². The fourth-order valence-electron chi connectivity index (χ4n) is 2.28. The molecular formula is C19H16ClNO3S. The van der Waals surface area contributed by atoms with Crippen molar-refractivity contribution in [2.45, 2.75) is 17.2 Å². The molecule has 0 aliphatic rings. The van der Waals surface area contributed by atoms with Crippen LogP contribution in [-0.4, -0.2) is 10.1 Å². The van der Waals surface area contributed by atoms with Crippen molar-refractivity contribution in [2.75, 3.05) is 0 Å². The third-order valence-electron chi connectivity index (χ3n) is 3.54. The molecule has 0 aliphatic carbocycles. The second-order valence-electron chi connectivity index (χ2n) is 5.35. The van der Waals surface area contributed by atoms with Crippen molar-refractivity contribution in [3.8, 4) is 0 Å². The average molecular weight is 374 g/mol. The molecule has 1 aromatic heterocycles. The van der Waals surface area contributed by atoms with Gasteiger partial charge in [-0.1, -0.05) is 54.1 Å². The molecule has 1 unspecified atom stereocenters. The molecule has 0 aliphatic heterocycles. The molecule has 1 amide bonds. The number of carbonyl (C=O) groups is 1. The number of amides is 1. The molecule has 1 atom stereocenters.